The van der Waals surface area contributed by atoms with Crippen LogP contribution in [-0.4, -0.2) is 85.6 Å². The van der Waals surface area contributed by atoms with Crippen molar-refractivity contribution >= 4 is 23.3 Å². The van der Waals surface area contributed by atoms with Crippen LogP contribution in [0.15, 0.2) is 66.7 Å². The van der Waals surface area contributed by atoms with E-state index >= 15 is 0 Å². The largest absolute Gasteiger partial charge is 0.497 e. The predicted octanol–water partition coefficient (Wildman–Crippen LogP) is 6.41. The molecule has 0 aromatic heterocycles. The number of nitrogens with zero attached hydrogens (tertiary/aromatic N) is 2. The van der Waals surface area contributed by atoms with Crippen LogP contribution in [0, 0.1) is 11.7 Å². The van der Waals surface area contributed by atoms with E-state index in [0.29, 0.717) is 36.8 Å². The third-order valence-electron chi connectivity index (χ3n) is 8.51. The first-order valence-electron chi connectivity index (χ1n) is 16.6. The van der Waals surface area contributed by atoms with Crippen molar-refractivity contribution in [2.24, 2.45) is 5.92 Å². The molecule has 48 heavy (non-hydrogen) atoms. The van der Waals surface area contributed by atoms with Gasteiger partial charge in [0, 0.05) is 43.5 Å². The van der Waals surface area contributed by atoms with Gasteiger partial charge < -0.3 is 34.9 Å². The molecule has 0 aliphatic carbocycles. The summed E-state index contributed by atoms with van der Waals surface area (Å²) in [5.41, 5.74) is 2.23. The summed E-state index contributed by atoms with van der Waals surface area (Å²) in [6, 6.07) is 17.3. The Morgan fingerprint density at radius 3 is 2.44 bits per heavy atom. The topological polar surface area (TPSA) is 113 Å². The van der Waals surface area contributed by atoms with Crippen molar-refractivity contribution in [1.82, 2.24) is 9.80 Å². The van der Waals surface area contributed by atoms with E-state index in [1.807, 2.05) is 31.2 Å². The Morgan fingerprint density at radius 2 is 1.75 bits per heavy atom. The van der Waals surface area contributed by atoms with Gasteiger partial charge in [0.25, 0.3) is 5.91 Å². The SMILES string of the molecule is COc1ccc(CN(C)C[C@@H]2OCCCC[C@H](C)Oc3ccc(NC(=O)Nc4ccc(F)cc4)cc3C(=O)N([C@@H](C)CO)C[C@H]2C)cc1. The summed E-state index contributed by atoms with van der Waals surface area (Å²) in [5, 5.41) is 15.7. The lowest BCUT2D eigenvalue weighted by atomic mass is 10.0. The second kappa shape index (κ2) is 17.8. The van der Waals surface area contributed by atoms with Crippen LogP contribution in [0.25, 0.3) is 0 Å². The van der Waals surface area contributed by atoms with Crippen molar-refractivity contribution in [3.05, 3.63) is 83.7 Å². The Balaban J connectivity index is 1.57. The quantitative estimate of drug-likeness (QED) is 0.243. The van der Waals surface area contributed by atoms with Crippen molar-refractivity contribution in [3.63, 3.8) is 0 Å². The van der Waals surface area contributed by atoms with Crippen molar-refractivity contribution in [2.75, 3.05) is 51.1 Å². The highest BCUT2D eigenvalue weighted by Crippen LogP contribution is 2.29. The molecule has 3 N–H and O–H groups in total. The molecule has 0 saturated carbocycles. The number of fused-ring (bicyclic) bond motifs is 1. The smallest absolute Gasteiger partial charge is 0.323 e. The van der Waals surface area contributed by atoms with E-state index in [4.69, 9.17) is 14.2 Å². The van der Waals surface area contributed by atoms with Crippen LogP contribution in [0.4, 0.5) is 20.6 Å². The molecule has 0 unspecified atom stereocenters. The summed E-state index contributed by atoms with van der Waals surface area (Å²) in [7, 11) is 3.71. The second-order valence-electron chi connectivity index (χ2n) is 12.6. The minimum atomic E-state index is -0.544. The number of aliphatic hydroxyl groups is 1. The molecule has 0 saturated heterocycles. The summed E-state index contributed by atoms with van der Waals surface area (Å²) >= 11 is 0. The standard InChI is InChI=1S/C37H49FN4O6/c1-25-21-42(26(2)24-43)36(44)33-20-31(40-37(45)39-30-13-11-29(38)12-14-30)15-18-34(33)48-27(3)8-6-7-19-47-35(25)23-41(4)22-28-9-16-32(46-5)17-10-28/h9-18,20,25-27,35,43H,6-8,19,21-24H2,1-5H3,(H2,39,40,45)/t25-,26+,27+,35+/m1/s1. The third-order valence-corrected chi connectivity index (χ3v) is 8.51. The number of methoxy groups -OCH3 is 1. The average molecular weight is 665 g/mol. The van der Waals surface area contributed by atoms with Crippen LogP contribution in [0.1, 0.15) is 56.0 Å². The van der Waals surface area contributed by atoms with Crippen LogP contribution in [0.3, 0.4) is 0 Å². The summed E-state index contributed by atoms with van der Waals surface area (Å²) in [5.74, 6) is 0.411. The van der Waals surface area contributed by atoms with Gasteiger partial charge in [0.1, 0.15) is 17.3 Å². The fourth-order valence-electron chi connectivity index (χ4n) is 5.70. The van der Waals surface area contributed by atoms with Gasteiger partial charge in [0.15, 0.2) is 0 Å². The number of nitrogens with one attached hydrogen (secondary N) is 2. The molecule has 3 aromatic carbocycles. The molecule has 4 rings (SSSR count). The van der Waals surface area contributed by atoms with E-state index in [2.05, 4.69) is 29.5 Å². The highest BCUT2D eigenvalue weighted by atomic mass is 19.1. The number of rotatable bonds is 9. The van der Waals surface area contributed by atoms with E-state index < -0.39 is 17.9 Å². The molecule has 1 heterocycles. The van der Waals surface area contributed by atoms with Gasteiger partial charge in [-0.2, -0.15) is 0 Å². The van der Waals surface area contributed by atoms with Gasteiger partial charge in [-0.05, 0) is 100 Å². The number of ether oxygens (including phenoxy) is 3. The Hall–Kier alpha value is -4.19. The fraction of sp³-hybridized carbons (Fsp3) is 0.459. The van der Waals surface area contributed by atoms with Gasteiger partial charge >= 0.3 is 6.03 Å². The number of carbonyl (C=O) groups excluding carboxylic acids is 2. The number of hydrogen-bond acceptors (Lipinski definition) is 7. The number of benzene rings is 3. The van der Waals surface area contributed by atoms with Crippen LogP contribution in [-0.2, 0) is 11.3 Å². The first-order chi connectivity index (χ1) is 23.1. The first-order valence-corrected chi connectivity index (χ1v) is 16.6. The van der Waals surface area contributed by atoms with Crippen LogP contribution >= 0.6 is 0 Å². The first kappa shape index (κ1) is 36.6. The van der Waals surface area contributed by atoms with Crippen LogP contribution in [0.2, 0.25) is 0 Å². The molecular formula is C37H49FN4O6. The minimum absolute atomic E-state index is 0.0738. The van der Waals surface area contributed by atoms with Gasteiger partial charge in [-0.15, -0.1) is 0 Å². The number of urea groups is 1. The fourth-order valence-corrected chi connectivity index (χ4v) is 5.70. The molecule has 10 nitrogen and oxygen atoms in total. The van der Waals surface area contributed by atoms with Crippen molar-refractivity contribution in [2.45, 2.75) is 64.8 Å². The molecular weight excluding hydrogens is 615 g/mol. The maximum Gasteiger partial charge on any atom is 0.323 e. The molecule has 3 amide bonds. The molecule has 4 atom stereocenters. The number of amides is 3. The highest BCUT2D eigenvalue weighted by Gasteiger charge is 2.30. The van der Waals surface area contributed by atoms with Crippen LogP contribution < -0.4 is 20.1 Å². The Morgan fingerprint density at radius 1 is 1.06 bits per heavy atom. The number of hydrogen-bond donors (Lipinski definition) is 3. The van der Waals surface area contributed by atoms with Crippen molar-refractivity contribution in [1.29, 1.82) is 0 Å². The maximum absolute atomic E-state index is 14.4. The zero-order valence-electron chi connectivity index (χ0n) is 28.6. The van der Waals surface area contributed by atoms with Gasteiger partial charge in [-0.1, -0.05) is 19.1 Å². The van der Waals surface area contributed by atoms with Crippen molar-refractivity contribution in [3.8, 4) is 11.5 Å². The van der Waals surface area contributed by atoms with E-state index in [0.717, 1.165) is 37.1 Å². The lowest BCUT2D eigenvalue weighted by Crippen LogP contribution is -2.47. The molecule has 1 aliphatic heterocycles. The Kier molecular flexibility index (Phi) is 13.6. The van der Waals surface area contributed by atoms with Gasteiger partial charge in [-0.25, -0.2) is 9.18 Å². The van der Waals surface area contributed by atoms with Crippen LogP contribution in [0.5, 0.6) is 11.5 Å². The third kappa shape index (κ3) is 10.7. The van der Waals surface area contributed by atoms with E-state index in [9.17, 15) is 19.1 Å². The molecule has 0 bridgehead atoms. The maximum atomic E-state index is 14.4. The van der Waals surface area contributed by atoms with E-state index in [1.165, 1.54) is 24.3 Å². The summed E-state index contributed by atoms with van der Waals surface area (Å²) in [6.45, 7) is 7.91. The monoisotopic (exact) mass is 664 g/mol. The van der Waals surface area contributed by atoms with Crippen molar-refractivity contribution < 1.29 is 33.3 Å². The minimum Gasteiger partial charge on any atom is -0.497 e. The van der Waals surface area contributed by atoms with E-state index in [1.54, 1.807) is 37.1 Å². The second-order valence-corrected chi connectivity index (χ2v) is 12.6. The van der Waals surface area contributed by atoms with Gasteiger partial charge in [0.05, 0.1) is 37.5 Å². The molecule has 11 heteroatoms. The van der Waals surface area contributed by atoms with E-state index in [-0.39, 0.29) is 36.2 Å². The number of aliphatic hydroxyl groups excluding tert-OH is 1. The highest BCUT2D eigenvalue weighted by molar-refractivity contribution is 6.02. The summed E-state index contributed by atoms with van der Waals surface area (Å²) in [4.78, 5) is 31.0. The number of halogens is 1. The number of anilines is 2. The zero-order valence-corrected chi connectivity index (χ0v) is 28.6. The lowest BCUT2D eigenvalue weighted by molar-refractivity contribution is -0.0177. The summed E-state index contributed by atoms with van der Waals surface area (Å²) in [6.07, 6.45) is 2.19. The van der Waals surface area contributed by atoms with Gasteiger partial charge in [0.2, 0.25) is 0 Å². The molecule has 1 aliphatic rings. The molecule has 0 spiro atoms. The predicted molar refractivity (Wildman–Crippen MR) is 185 cm³/mol. The Labute approximate surface area is 283 Å². The molecule has 0 radical (unpaired) electrons. The summed E-state index contributed by atoms with van der Waals surface area (Å²) < 4.78 is 31.4. The number of carbonyl (C=O) groups is 2. The van der Waals surface area contributed by atoms with Gasteiger partial charge in [-0.3, -0.25) is 9.69 Å². The molecule has 3 aromatic rings. The zero-order chi connectivity index (χ0) is 34.6. The average Bonchev–Trinajstić information content (AvgIpc) is 3.07. The Bertz CT molecular complexity index is 1470. The number of likely N-dealkylation sites (N-methyl/N-ethyl adjacent to an activating group) is 1. The molecule has 0 fully saturated rings. The lowest BCUT2D eigenvalue weighted by Gasteiger charge is -2.36. The molecule has 260 valence electrons. The normalized spacial score (nSPS) is 19.9.